The van der Waals surface area contributed by atoms with Crippen LogP contribution in [0.2, 0.25) is 0 Å². The molecule has 3 heteroatoms. The standard InChI is InChI=1S/C21H32BOS/c1-4-14-6-8-18-17-7-5-15-13-16(23-24-22)9-11-21(15,3)19(17)10-12-20(14,18)2/h4-5,16-19,22H,6-13H2,1-3H3/b14-4-/t16-,17-,18-,19-,20+,21-/m0/s1/i22T. The van der Waals surface area contributed by atoms with Gasteiger partial charge in [-0.1, -0.05) is 49.0 Å². The molecule has 4 aliphatic rings. The Hall–Kier alpha value is -0.145. The monoisotopic (exact) mass is 345 g/mol. The van der Waals surface area contributed by atoms with Crippen LogP contribution in [0, 0.1) is 28.6 Å². The Balaban J connectivity index is 1.57. The van der Waals surface area contributed by atoms with E-state index < -0.39 is 0 Å². The lowest BCUT2D eigenvalue weighted by Gasteiger charge is -2.57. The second-order valence-electron chi connectivity index (χ2n) is 9.13. The third kappa shape index (κ3) is 2.41. The van der Waals surface area contributed by atoms with Gasteiger partial charge in [-0.05, 0) is 88.2 Å². The molecule has 0 aromatic carbocycles. The van der Waals surface area contributed by atoms with Gasteiger partial charge in [-0.2, -0.15) is 0 Å². The van der Waals surface area contributed by atoms with E-state index in [1.807, 2.05) is 0 Å². The highest BCUT2D eigenvalue weighted by molar-refractivity contribution is 8.15. The Bertz CT molecular complexity index is 590. The quantitative estimate of drug-likeness (QED) is 0.366. The molecule has 0 heterocycles. The number of rotatable bonds is 3. The molecule has 0 unspecified atom stereocenters. The van der Waals surface area contributed by atoms with E-state index in [-0.39, 0.29) is 0 Å². The van der Waals surface area contributed by atoms with Crippen molar-refractivity contribution in [1.82, 2.24) is 0 Å². The molecule has 0 amide bonds. The summed E-state index contributed by atoms with van der Waals surface area (Å²) >= 11 is 1.20. The van der Waals surface area contributed by atoms with Gasteiger partial charge in [-0.25, -0.2) is 0 Å². The second-order valence-corrected chi connectivity index (χ2v) is 9.51. The molecular formula is C21H32BOS. The van der Waals surface area contributed by atoms with E-state index in [0.29, 0.717) is 16.9 Å². The molecule has 131 valence electrons. The minimum absolute atomic E-state index is 0.303. The molecule has 1 radical (unpaired) electrons. The first kappa shape index (κ1) is 16.1. The normalized spacial score (nSPS) is 49.7. The van der Waals surface area contributed by atoms with Crippen LogP contribution in [0.15, 0.2) is 23.3 Å². The number of allylic oxidation sites excluding steroid dienone is 3. The van der Waals surface area contributed by atoms with Crippen LogP contribution in [0.3, 0.4) is 0 Å². The molecule has 0 bridgehead atoms. The largest absolute Gasteiger partial charge is 0.325 e. The highest BCUT2D eigenvalue weighted by atomic mass is 32.2. The predicted molar refractivity (Wildman–Crippen MR) is 105 cm³/mol. The second kappa shape index (κ2) is 6.23. The van der Waals surface area contributed by atoms with Crippen LogP contribution in [0.4, 0.5) is 0 Å². The highest BCUT2D eigenvalue weighted by Gasteiger charge is 2.57. The first-order valence-corrected chi connectivity index (χ1v) is 10.7. The molecule has 1 nitrogen and oxygen atoms in total. The van der Waals surface area contributed by atoms with Crippen molar-refractivity contribution in [2.75, 3.05) is 0 Å². The Labute approximate surface area is 154 Å². The number of fused-ring (bicyclic) bond motifs is 5. The van der Waals surface area contributed by atoms with Gasteiger partial charge in [0.2, 0.25) is 7.09 Å². The van der Waals surface area contributed by atoms with Crippen LogP contribution in [0.5, 0.6) is 0 Å². The lowest BCUT2D eigenvalue weighted by Crippen LogP contribution is -2.49. The molecule has 0 aliphatic heterocycles. The summed E-state index contributed by atoms with van der Waals surface area (Å²) in [4.78, 5) is 0. The van der Waals surface area contributed by atoms with Crippen molar-refractivity contribution in [3.63, 3.8) is 0 Å². The average molecular weight is 345 g/mol. The Morgan fingerprint density at radius 1 is 1.25 bits per heavy atom. The minimum atomic E-state index is 0.303. The molecule has 0 spiro atoms. The van der Waals surface area contributed by atoms with E-state index >= 15 is 0 Å². The summed E-state index contributed by atoms with van der Waals surface area (Å²) in [6, 6.07) is 0. The number of hydrogen-bond acceptors (Lipinski definition) is 2. The highest BCUT2D eigenvalue weighted by Crippen LogP contribution is 2.66. The molecule has 3 fully saturated rings. The van der Waals surface area contributed by atoms with Crippen molar-refractivity contribution in [3.05, 3.63) is 23.3 Å². The zero-order valence-electron chi connectivity index (χ0n) is 16.5. The summed E-state index contributed by atoms with van der Waals surface area (Å²) in [5.41, 5.74) is 4.30. The van der Waals surface area contributed by atoms with E-state index in [1.54, 1.807) is 11.1 Å². The summed E-state index contributed by atoms with van der Waals surface area (Å²) < 4.78 is 13.0. The Morgan fingerprint density at radius 2 is 2.04 bits per heavy atom. The van der Waals surface area contributed by atoms with Crippen LogP contribution in [0.25, 0.3) is 0 Å². The van der Waals surface area contributed by atoms with Crippen molar-refractivity contribution in [1.29, 1.82) is 1.34 Å². The molecule has 0 saturated heterocycles. The van der Waals surface area contributed by atoms with Crippen LogP contribution in [0.1, 0.15) is 72.1 Å². The van der Waals surface area contributed by atoms with Gasteiger partial charge in [0.05, 0.1) is 6.10 Å². The minimum Gasteiger partial charge on any atom is -0.325 e. The average Bonchev–Trinajstić information content (AvgIpc) is 2.96. The van der Waals surface area contributed by atoms with Crippen molar-refractivity contribution >= 4 is 19.0 Å². The van der Waals surface area contributed by atoms with E-state index in [9.17, 15) is 0 Å². The van der Waals surface area contributed by atoms with E-state index in [2.05, 4.69) is 32.9 Å². The predicted octanol–water partition coefficient (Wildman–Crippen LogP) is 5.74. The van der Waals surface area contributed by atoms with E-state index in [1.165, 1.54) is 57.5 Å². The molecular weight excluding hydrogens is 311 g/mol. The Kier molecular flexibility index (Phi) is 4.17. The zero-order chi connectivity index (χ0) is 17.7. The van der Waals surface area contributed by atoms with Gasteiger partial charge in [-0.3, -0.25) is 0 Å². The molecule has 0 aromatic rings. The summed E-state index contributed by atoms with van der Waals surface area (Å²) in [7, 11) is 1.31. The summed E-state index contributed by atoms with van der Waals surface area (Å²) in [5.74, 6) is 2.66. The molecule has 6 atom stereocenters. The van der Waals surface area contributed by atoms with Crippen LogP contribution in [-0.2, 0) is 4.18 Å². The fourth-order valence-electron chi connectivity index (χ4n) is 7.11. The number of hydrogen-bond donors (Lipinski definition) is 0. The molecule has 4 rings (SSSR count). The third-order valence-corrected chi connectivity index (χ3v) is 8.83. The van der Waals surface area contributed by atoms with E-state index in [0.717, 1.165) is 30.6 Å². The lowest BCUT2D eigenvalue weighted by molar-refractivity contribution is -0.0227. The van der Waals surface area contributed by atoms with Gasteiger partial charge in [0.1, 0.15) is 0 Å². The SMILES string of the molecule is [3H][B]SO[C@H]1CC[C@@]2(C)C(=CC[C@@H]3[C@@H]2CC[C@]2(C)/C(=C\C)CC[C@@H]32)C1. The molecule has 0 N–H and O–H groups in total. The zero-order valence-corrected chi connectivity index (χ0v) is 16.3. The fourth-order valence-corrected chi connectivity index (χ4v) is 7.43. The first-order valence-electron chi connectivity index (χ1n) is 10.5. The Morgan fingerprint density at radius 3 is 2.83 bits per heavy atom. The maximum Gasteiger partial charge on any atom is 0.209 e. The third-order valence-electron chi connectivity index (χ3n) is 8.45. The maximum atomic E-state index is 7.18. The smallest absolute Gasteiger partial charge is 0.209 e. The van der Waals surface area contributed by atoms with Gasteiger partial charge in [0.15, 0.2) is 0 Å². The van der Waals surface area contributed by atoms with Crippen molar-refractivity contribution in [3.8, 4) is 0 Å². The molecule has 4 aliphatic carbocycles. The molecule has 24 heavy (non-hydrogen) atoms. The van der Waals surface area contributed by atoms with Crippen molar-refractivity contribution in [2.24, 2.45) is 28.6 Å². The summed E-state index contributed by atoms with van der Waals surface area (Å²) in [5, 5.41) is 0. The summed E-state index contributed by atoms with van der Waals surface area (Å²) in [6.45, 7) is 7.38. The van der Waals surface area contributed by atoms with Crippen molar-refractivity contribution < 1.29 is 4.18 Å². The van der Waals surface area contributed by atoms with E-state index in [4.69, 9.17) is 5.52 Å². The van der Waals surface area contributed by atoms with Gasteiger partial charge in [0, 0.05) is 0 Å². The topological polar surface area (TPSA) is 9.23 Å². The summed E-state index contributed by atoms with van der Waals surface area (Å²) in [6.07, 6.45) is 15.7. The molecule has 3 saturated carbocycles. The van der Waals surface area contributed by atoms with Crippen molar-refractivity contribution in [2.45, 2.75) is 78.2 Å². The van der Waals surface area contributed by atoms with Crippen LogP contribution < -0.4 is 0 Å². The van der Waals surface area contributed by atoms with Crippen LogP contribution in [-0.4, -0.2) is 14.5 Å². The van der Waals surface area contributed by atoms with Gasteiger partial charge < -0.3 is 4.18 Å². The van der Waals surface area contributed by atoms with Gasteiger partial charge in [0.25, 0.3) is 0 Å². The lowest BCUT2D eigenvalue weighted by atomic mass is 9.48. The van der Waals surface area contributed by atoms with Gasteiger partial charge in [-0.15, -0.1) is 0 Å². The molecule has 0 aromatic heterocycles. The first-order chi connectivity index (χ1) is 12.0. The fraction of sp³-hybridized carbons (Fsp3) is 0.810. The van der Waals surface area contributed by atoms with Crippen LogP contribution >= 0.6 is 11.9 Å². The van der Waals surface area contributed by atoms with Gasteiger partial charge >= 0.3 is 0 Å². The maximum absolute atomic E-state index is 7.18.